The Bertz CT molecular complexity index is 1950. The molecule has 8 nitrogen and oxygen atoms in total. The minimum Gasteiger partial charge on any atom is -0.444 e. The number of carbonyl (C=O) groups excluding carboxylic acids is 2. The standard InChI is InChI=1S/C41H48N4O4/c1-41(2,3)49-40(47)44-21-18-34(31-10-7-9-29(23-31)30-14-13-28-17-19-42-37(28)24-30)36(27-44)39(46)45(33-15-16-33)26-32-25-43(20-8-22-48-4)38-12-6-5-11-35(32)38/h5-7,9-14,17,19,23-25,33-34,36,42H,8,15-16,18,20-22,26-27H2,1-4H3/t34-,36?/m1/s1. The molecule has 49 heavy (non-hydrogen) atoms. The van der Waals surface area contributed by atoms with Gasteiger partial charge in [-0.25, -0.2) is 4.79 Å². The van der Waals surface area contributed by atoms with Crippen LogP contribution < -0.4 is 0 Å². The fourth-order valence-corrected chi connectivity index (χ4v) is 7.45. The van der Waals surface area contributed by atoms with Crippen LogP contribution in [0.25, 0.3) is 32.9 Å². The molecule has 1 N–H and O–H groups in total. The fourth-order valence-electron chi connectivity index (χ4n) is 7.45. The minimum atomic E-state index is -0.612. The summed E-state index contributed by atoms with van der Waals surface area (Å²) in [4.78, 5) is 35.5. The molecule has 1 unspecified atom stereocenters. The first-order valence-electron chi connectivity index (χ1n) is 17.7. The molecule has 2 aliphatic rings. The number of amides is 2. The van der Waals surface area contributed by atoms with Crippen LogP contribution in [0.1, 0.15) is 63.5 Å². The third kappa shape index (κ3) is 7.25. The Balaban J connectivity index is 1.21. The van der Waals surface area contributed by atoms with Crippen LogP contribution in [0.5, 0.6) is 0 Å². The van der Waals surface area contributed by atoms with Gasteiger partial charge in [0.15, 0.2) is 0 Å². The molecule has 0 radical (unpaired) electrons. The van der Waals surface area contributed by atoms with Gasteiger partial charge >= 0.3 is 6.09 Å². The van der Waals surface area contributed by atoms with Crippen LogP contribution >= 0.6 is 0 Å². The summed E-state index contributed by atoms with van der Waals surface area (Å²) < 4.78 is 13.4. The van der Waals surface area contributed by atoms with Crippen LogP contribution in [0, 0.1) is 5.92 Å². The Kier molecular flexibility index (Phi) is 9.25. The number of nitrogens with one attached hydrogen (secondary N) is 1. The molecule has 2 atom stereocenters. The lowest BCUT2D eigenvalue weighted by atomic mass is 9.79. The average Bonchev–Trinajstić information content (AvgIpc) is 3.73. The van der Waals surface area contributed by atoms with Gasteiger partial charge in [-0.1, -0.05) is 54.6 Å². The molecule has 1 saturated heterocycles. The molecule has 2 fully saturated rings. The van der Waals surface area contributed by atoms with Crippen molar-refractivity contribution in [2.24, 2.45) is 5.92 Å². The Morgan fingerprint density at radius 2 is 1.78 bits per heavy atom. The van der Waals surface area contributed by atoms with Crippen LogP contribution in [-0.4, -0.2) is 69.8 Å². The number of hydrogen-bond acceptors (Lipinski definition) is 4. The smallest absolute Gasteiger partial charge is 0.410 e. The molecule has 0 spiro atoms. The maximum Gasteiger partial charge on any atom is 0.410 e. The number of H-pyrrole nitrogens is 1. The predicted octanol–water partition coefficient (Wildman–Crippen LogP) is 8.36. The van der Waals surface area contributed by atoms with Crippen LogP contribution in [0.15, 0.2) is 85.2 Å². The van der Waals surface area contributed by atoms with Gasteiger partial charge < -0.3 is 28.8 Å². The van der Waals surface area contributed by atoms with Crippen molar-refractivity contribution in [3.8, 4) is 11.1 Å². The number of carbonyl (C=O) groups is 2. The first-order valence-corrected chi connectivity index (χ1v) is 17.7. The highest BCUT2D eigenvalue weighted by Crippen LogP contribution is 2.40. The van der Waals surface area contributed by atoms with Crippen molar-refractivity contribution in [1.29, 1.82) is 0 Å². The Labute approximate surface area is 289 Å². The number of nitrogens with zero attached hydrogens (tertiary/aromatic N) is 3. The van der Waals surface area contributed by atoms with E-state index in [1.165, 1.54) is 16.3 Å². The van der Waals surface area contributed by atoms with E-state index in [1.807, 2.05) is 27.0 Å². The maximum absolute atomic E-state index is 15.0. The molecule has 5 aromatic rings. The third-order valence-electron chi connectivity index (χ3n) is 10.0. The molecule has 8 heteroatoms. The van der Waals surface area contributed by atoms with Crippen molar-refractivity contribution in [3.05, 3.63) is 96.3 Å². The summed E-state index contributed by atoms with van der Waals surface area (Å²) >= 11 is 0. The number of ether oxygens (including phenoxy) is 2. The molecule has 1 aliphatic heterocycles. The molecule has 2 aromatic heterocycles. The Morgan fingerprint density at radius 1 is 0.959 bits per heavy atom. The zero-order chi connectivity index (χ0) is 34.1. The first kappa shape index (κ1) is 33.0. The number of methoxy groups -OCH3 is 1. The lowest BCUT2D eigenvalue weighted by molar-refractivity contribution is -0.139. The van der Waals surface area contributed by atoms with Crippen LogP contribution in [0.4, 0.5) is 4.79 Å². The second-order valence-electron chi connectivity index (χ2n) is 14.7. The van der Waals surface area contributed by atoms with Crippen molar-refractivity contribution < 1.29 is 19.1 Å². The monoisotopic (exact) mass is 660 g/mol. The van der Waals surface area contributed by atoms with Gasteiger partial charge in [0.1, 0.15) is 5.60 Å². The van der Waals surface area contributed by atoms with Gasteiger partial charge in [-0.3, -0.25) is 4.79 Å². The highest BCUT2D eigenvalue weighted by Gasteiger charge is 2.43. The van der Waals surface area contributed by atoms with E-state index >= 15 is 0 Å². The highest BCUT2D eigenvalue weighted by atomic mass is 16.6. The molecule has 3 heterocycles. The number of aryl methyl sites for hydroxylation is 1. The van der Waals surface area contributed by atoms with E-state index in [-0.39, 0.29) is 24.0 Å². The highest BCUT2D eigenvalue weighted by molar-refractivity contribution is 5.87. The van der Waals surface area contributed by atoms with E-state index < -0.39 is 11.5 Å². The normalized spacial score (nSPS) is 18.2. The van der Waals surface area contributed by atoms with Crippen molar-refractivity contribution in [2.75, 3.05) is 26.8 Å². The molecule has 1 saturated carbocycles. The van der Waals surface area contributed by atoms with Gasteiger partial charge in [-0.05, 0) is 98.2 Å². The number of benzene rings is 3. The summed E-state index contributed by atoms with van der Waals surface area (Å²) in [7, 11) is 1.74. The molecule has 2 amide bonds. The number of likely N-dealkylation sites (tertiary alicyclic amines) is 1. The lowest BCUT2D eigenvalue weighted by Gasteiger charge is -2.40. The zero-order valence-electron chi connectivity index (χ0n) is 29.2. The summed E-state index contributed by atoms with van der Waals surface area (Å²) in [6.07, 6.45) is 7.44. The molecule has 256 valence electrons. The lowest BCUT2D eigenvalue weighted by Crippen LogP contribution is -2.51. The van der Waals surface area contributed by atoms with Gasteiger partial charge in [0, 0.05) is 74.8 Å². The topological polar surface area (TPSA) is 79.8 Å². The van der Waals surface area contributed by atoms with E-state index in [2.05, 4.69) is 93.4 Å². The molecular formula is C41H48N4O4. The maximum atomic E-state index is 15.0. The Morgan fingerprint density at radius 3 is 2.57 bits per heavy atom. The third-order valence-corrected chi connectivity index (χ3v) is 10.0. The van der Waals surface area contributed by atoms with Gasteiger partial charge in [0.05, 0.1) is 5.92 Å². The minimum absolute atomic E-state index is 0.0306. The summed E-state index contributed by atoms with van der Waals surface area (Å²) in [5.74, 6) is -0.301. The molecule has 7 rings (SSSR count). The number of para-hydroxylation sites is 1. The van der Waals surface area contributed by atoms with Crippen molar-refractivity contribution in [2.45, 2.75) is 77.1 Å². The number of aromatic nitrogens is 2. The van der Waals surface area contributed by atoms with Gasteiger partial charge in [0.25, 0.3) is 0 Å². The summed E-state index contributed by atoms with van der Waals surface area (Å²) in [6.45, 7) is 8.64. The quantitative estimate of drug-likeness (QED) is 0.153. The van der Waals surface area contributed by atoms with E-state index in [0.29, 0.717) is 32.7 Å². The van der Waals surface area contributed by atoms with E-state index in [1.54, 1.807) is 12.0 Å². The summed E-state index contributed by atoms with van der Waals surface area (Å²) in [5.41, 5.74) is 6.21. The number of rotatable bonds is 10. The molecular weight excluding hydrogens is 612 g/mol. The summed E-state index contributed by atoms with van der Waals surface area (Å²) in [5, 5.41) is 2.36. The van der Waals surface area contributed by atoms with Gasteiger partial charge in [-0.2, -0.15) is 0 Å². The van der Waals surface area contributed by atoms with Crippen molar-refractivity contribution in [1.82, 2.24) is 19.4 Å². The van der Waals surface area contributed by atoms with Gasteiger partial charge in [0.2, 0.25) is 5.91 Å². The van der Waals surface area contributed by atoms with Crippen molar-refractivity contribution in [3.63, 3.8) is 0 Å². The Hall–Kier alpha value is -4.56. The van der Waals surface area contributed by atoms with Crippen LogP contribution in [-0.2, 0) is 27.4 Å². The number of hydrogen-bond donors (Lipinski definition) is 1. The second-order valence-corrected chi connectivity index (χ2v) is 14.7. The fraction of sp³-hybridized carbons (Fsp3) is 0.415. The van der Waals surface area contributed by atoms with Gasteiger partial charge in [-0.15, -0.1) is 0 Å². The molecule has 3 aromatic carbocycles. The largest absolute Gasteiger partial charge is 0.444 e. The zero-order valence-corrected chi connectivity index (χ0v) is 29.2. The second kappa shape index (κ2) is 13.7. The predicted molar refractivity (Wildman–Crippen MR) is 194 cm³/mol. The first-order chi connectivity index (χ1) is 23.7. The van der Waals surface area contributed by atoms with Crippen LogP contribution in [0.2, 0.25) is 0 Å². The summed E-state index contributed by atoms with van der Waals surface area (Å²) in [6, 6.07) is 25.9. The SMILES string of the molecule is COCCCn1cc(CN(C(=O)C2CN(C(=O)OC(C)(C)C)CC[C@@H]2c2cccc(-c3ccc4cc[nH]c4c3)c2)C2CC2)c2ccccc21. The van der Waals surface area contributed by atoms with E-state index in [0.717, 1.165) is 53.6 Å². The van der Waals surface area contributed by atoms with E-state index in [9.17, 15) is 9.59 Å². The molecule has 1 aliphatic carbocycles. The van der Waals surface area contributed by atoms with E-state index in [4.69, 9.17) is 9.47 Å². The molecule has 0 bridgehead atoms. The number of piperidine rings is 1. The van der Waals surface area contributed by atoms with Crippen molar-refractivity contribution >= 4 is 33.8 Å². The average molecular weight is 661 g/mol. The number of aromatic amines is 1. The number of fused-ring (bicyclic) bond motifs is 2. The van der Waals surface area contributed by atoms with Crippen LogP contribution in [0.3, 0.4) is 0 Å².